The van der Waals surface area contributed by atoms with Crippen molar-refractivity contribution in [2.45, 2.75) is 20.3 Å². The van der Waals surface area contributed by atoms with Crippen LogP contribution in [0.1, 0.15) is 19.4 Å². The molecule has 0 saturated heterocycles. The maximum atomic E-state index is 13.3. The number of benzene rings is 1. The zero-order valence-electron chi connectivity index (χ0n) is 10.9. The highest BCUT2D eigenvalue weighted by Crippen LogP contribution is 2.11. The SMILES string of the molecule is CC(C)C(C#N)C(=O)NCCc1ccc(F)cc1F. The third kappa shape index (κ3) is 4.32. The fraction of sp³-hybridized carbons (Fsp3) is 0.429. The fourth-order valence-electron chi connectivity index (χ4n) is 1.67. The largest absolute Gasteiger partial charge is 0.355 e. The van der Waals surface area contributed by atoms with Gasteiger partial charge < -0.3 is 5.32 Å². The van der Waals surface area contributed by atoms with Gasteiger partial charge in [0, 0.05) is 12.6 Å². The number of carbonyl (C=O) groups excluding carboxylic acids is 1. The van der Waals surface area contributed by atoms with Crippen LogP contribution in [0.3, 0.4) is 0 Å². The van der Waals surface area contributed by atoms with E-state index in [2.05, 4.69) is 5.32 Å². The molecule has 0 aliphatic rings. The highest BCUT2D eigenvalue weighted by Gasteiger charge is 2.20. The van der Waals surface area contributed by atoms with E-state index in [0.29, 0.717) is 5.56 Å². The van der Waals surface area contributed by atoms with Gasteiger partial charge in [-0.3, -0.25) is 4.79 Å². The Morgan fingerprint density at radius 1 is 1.42 bits per heavy atom. The second-order valence-electron chi connectivity index (χ2n) is 4.63. The monoisotopic (exact) mass is 266 g/mol. The first-order chi connectivity index (χ1) is 8.95. The molecule has 0 radical (unpaired) electrons. The Balaban J connectivity index is 2.50. The van der Waals surface area contributed by atoms with E-state index in [0.717, 1.165) is 6.07 Å². The number of amides is 1. The van der Waals surface area contributed by atoms with Crippen LogP contribution in [0.4, 0.5) is 8.78 Å². The first-order valence-corrected chi connectivity index (χ1v) is 6.07. The van der Waals surface area contributed by atoms with Crippen molar-refractivity contribution >= 4 is 5.91 Å². The molecule has 0 aromatic heterocycles. The van der Waals surface area contributed by atoms with Gasteiger partial charge in [0.25, 0.3) is 0 Å². The van der Waals surface area contributed by atoms with Gasteiger partial charge >= 0.3 is 0 Å². The van der Waals surface area contributed by atoms with Gasteiger partial charge in [0.05, 0.1) is 6.07 Å². The lowest BCUT2D eigenvalue weighted by atomic mass is 9.96. The minimum Gasteiger partial charge on any atom is -0.355 e. The fourth-order valence-corrected chi connectivity index (χ4v) is 1.67. The van der Waals surface area contributed by atoms with Crippen molar-refractivity contribution in [2.24, 2.45) is 11.8 Å². The quantitative estimate of drug-likeness (QED) is 0.889. The molecule has 1 N–H and O–H groups in total. The maximum absolute atomic E-state index is 13.3. The second-order valence-corrected chi connectivity index (χ2v) is 4.63. The lowest BCUT2D eigenvalue weighted by molar-refractivity contribution is -0.124. The van der Waals surface area contributed by atoms with Crippen molar-refractivity contribution < 1.29 is 13.6 Å². The number of hydrogen-bond donors (Lipinski definition) is 1. The van der Waals surface area contributed by atoms with Crippen molar-refractivity contribution in [1.82, 2.24) is 5.32 Å². The number of rotatable bonds is 5. The van der Waals surface area contributed by atoms with Crippen molar-refractivity contribution in [3.63, 3.8) is 0 Å². The molecule has 102 valence electrons. The molecule has 0 fully saturated rings. The Hall–Kier alpha value is -1.96. The van der Waals surface area contributed by atoms with Gasteiger partial charge in [-0.2, -0.15) is 5.26 Å². The molecule has 0 aliphatic carbocycles. The average Bonchev–Trinajstić information content (AvgIpc) is 2.32. The van der Waals surface area contributed by atoms with Gasteiger partial charge in [0.1, 0.15) is 17.6 Å². The maximum Gasteiger partial charge on any atom is 0.237 e. The van der Waals surface area contributed by atoms with Crippen LogP contribution in [0.15, 0.2) is 18.2 Å². The van der Waals surface area contributed by atoms with E-state index in [1.54, 1.807) is 13.8 Å². The summed E-state index contributed by atoms with van der Waals surface area (Å²) < 4.78 is 26.0. The van der Waals surface area contributed by atoms with Crippen LogP contribution in [-0.4, -0.2) is 12.5 Å². The molecule has 3 nitrogen and oxygen atoms in total. The highest BCUT2D eigenvalue weighted by molar-refractivity contribution is 5.81. The number of nitrogens with zero attached hydrogens (tertiary/aromatic N) is 1. The van der Waals surface area contributed by atoms with Crippen LogP contribution in [0.5, 0.6) is 0 Å². The Labute approximate surface area is 111 Å². The molecule has 1 atom stereocenters. The number of carbonyl (C=O) groups is 1. The molecule has 1 amide bonds. The molecular formula is C14H16F2N2O. The standard InChI is InChI=1S/C14H16F2N2O/c1-9(2)12(8-17)14(19)18-6-5-10-3-4-11(15)7-13(10)16/h3-4,7,9,12H,5-6H2,1-2H3,(H,18,19). The molecule has 0 aliphatic heterocycles. The summed E-state index contributed by atoms with van der Waals surface area (Å²) in [4.78, 5) is 11.7. The van der Waals surface area contributed by atoms with E-state index < -0.39 is 17.6 Å². The lowest BCUT2D eigenvalue weighted by Crippen LogP contribution is -2.34. The summed E-state index contributed by atoms with van der Waals surface area (Å²) in [5.41, 5.74) is 0.333. The highest BCUT2D eigenvalue weighted by atomic mass is 19.1. The van der Waals surface area contributed by atoms with Crippen LogP contribution in [-0.2, 0) is 11.2 Å². The van der Waals surface area contributed by atoms with Gasteiger partial charge in [-0.25, -0.2) is 8.78 Å². The molecule has 0 bridgehead atoms. The molecule has 1 aromatic carbocycles. The molecule has 0 saturated carbocycles. The summed E-state index contributed by atoms with van der Waals surface area (Å²) in [6, 6.07) is 5.26. The number of nitriles is 1. The van der Waals surface area contributed by atoms with Gasteiger partial charge in [0.15, 0.2) is 0 Å². The zero-order valence-corrected chi connectivity index (χ0v) is 10.9. The summed E-state index contributed by atoms with van der Waals surface area (Å²) in [5, 5.41) is 11.4. The van der Waals surface area contributed by atoms with E-state index in [1.165, 1.54) is 12.1 Å². The van der Waals surface area contributed by atoms with E-state index in [-0.39, 0.29) is 24.8 Å². The Kier molecular flexibility index (Phi) is 5.43. The van der Waals surface area contributed by atoms with Gasteiger partial charge in [-0.15, -0.1) is 0 Å². The van der Waals surface area contributed by atoms with E-state index in [4.69, 9.17) is 5.26 Å². The van der Waals surface area contributed by atoms with E-state index >= 15 is 0 Å². The van der Waals surface area contributed by atoms with Crippen LogP contribution in [0, 0.1) is 34.8 Å². The summed E-state index contributed by atoms with van der Waals surface area (Å²) >= 11 is 0. The third-order valence-corrected chi connectivity index (χ3v) is 2.80. The van der Waals surface area contributed by atoms with Crippen LogP contribution < -0.4 is 5.32 Å². The topological polar surface area (TPSA) is 52.9 Å². The number of hydrogen-bond acceptors (Lipinski definition) is 2. The second kappa shape index (κ2) is 6.83. The molecule has 1 aromatic rings. The minimum absolute atomic E-state index is 0.0763. The predicted octanol–water partition coefficient (Wildman–Crippen LogP) is 2.42. The Morgan fingerprint density at radius 2 is 2.11 bits per heavy atom. The first-order valence-electron chi connectivity index (χ1n) is 6.07. The van der Waals surface area contributed by atoms with Crippen molar-refractivity contribution in [1.29, 1.82) is 5.26 Å². The minimum atomic E-state index is -0.710. The number of nitrogens with one attached hydrogen (secondary N) is 1. The van der Waals surface area contributed by atoms with E-state index in [9.17, 15) is 13.6 Å². The summed E-state index contributed by atoms with van der Waals surface area (Å²) in [7, 11) is 0. The molecule has 5 heteroatoms. The summed E-state index contributed by atoms with van der Waals surface area (Å²) in [6.07, 6.45) is 0.258. The van der Waals surface area contributed by atoms with Crippen molar-refractivity contribution in [2.75, 3.05) is 6.54 Å². The van der Waals surface area contributed by atoms with Gasteiger partial charge in [-0.1, -0.05) is 19.9 Å². The van der Waals surface area contributed by atoms with Crippen LogP contribution in [0.25, 0.3) is 0 Å². The predicted molar refractivity (Wildman–Crippen MR) is 67.0 cm³/mol. The molecule has 1 rings (SSSR count). The summed E-state index contributed by atoms with van der Waals surface area (Å²) in [5.74, 6) is -2.41. The third-order valence-electron chi connectivity index (χ3n) is 2.80. The molecule has 19 heavy (non-hydrogen) atoms. The average molecular weight is 266 g/mol. The molecular weight excluding hydrogens is 250 g/mol. The molecule has 0 spiro atoms. The van der Waals surface area contributed by atoms with Gasteiger partial charge in [0.2, 0.25) is 5.91 Å². The zero-order chi connectivity index (χ0) is 14.4. The van der Waals surface area contributed by atoms with Crippen LogP contribution >= 0.6 is 0 Å². The van der Waals surface area contributed by atoms with E-state index in [1.807, 2.05) is 6.07 Å². The van der Waals surface area contributed by atoms with Crippen molar-refractivity contribution in [3.05, 3.63) is 35.4 Å². The molecule has 0 heterocycles. The Morgan fingerprint density at radius 3 is 2.63 bits per heavy atom. The summed E-state index contributed by atoms with van der Waals surface area (Å²) in [6.45, 7) is 3.78. The smallest absolute Gasteiger partial charge is 0.237 e. The van der Waals surface area contributed by atoms with Crippen LogP contribution in [0.2, 0.25) is 0 Å². The number of halogens is 2. The van der Waals surface area contributed by atoms with Gasteiger partial charge in [-0.05, 0) is 24.0 Å². The molecule has 1 unspecified atom stereocenters. The normalized spacial score (nSPS) is 12.0. The van der Waals surface area contributed by atoms with Crippen molar-refractivity contribution in [3.8, 4) is 6.07 Å². The first kappa shape index (κ1) is 15.1. The Bertz CT molecular complexity index is 495. The lowest BCUT2D eigenvalue weighted by Gasteiger charge is -2.13.